The minimum atomic E-state index is -0.535. The Hall–Kier alpha value is -3.81. The minimum Gasteiger partial charge on any atom is -0.422 e. The maximum Gasteiger partial charge on any atom is 0.345 e. The predicted molar refractivity (Wildman–Crippen MR) is 122 cm³/mol. The zero-order chi connectivity index (χ0) is 22.0. The summed E-state index contributed by atoms with van der Waals surface area (Å²) in [7, 11) is 0. The molecule has 2 heterocycles. The number of nitriles is 1. The van der Waals surface area contributed by atoms with Crippen molar-refractivity contribution in [2.75, 3.05) is 5.32 Å². The molecular weight excluding hydrogens is 484 g/mol. The SMILES string of the molecule is N#C/C(=C/Nc1ccccc1[N+](=O)[O-])c1nc(-c2cc3cc(Br)ccc3oc2=O)cs1. The van der Waals surface area contributed by atoms with Crippen LogP contribution in [0.25, 0.3) is 27.8 Å². The van der Waals surface area contributed by atoms with Gasteiger partial charge < -0.3 is 9.73 Å². The van der Waals surface area contributed by atoms with Gasteiger partial charge in [-0.1, -0.05) is 28.1 Å². The molecule has 152 valence electrons. The van der Waals surface area contributed by atoms with Crippen molar-refractivity contribution in [3.05, 3.63) is 90.1 Å². The smallest absolute Gasteiger partial charge is 0.345 e. The topological polar surface area (TPSA) is 122 Å². The van der Waals surface area contributed by atoms with Crippen molar-refractivity contribution < 1.29 is 9.34 Å². The molecule has 31 heavy (non-hydrogen) atoms. The Balaban J connectivity index is 1.68. The van der Waals surface area contributed by atoms with E-state index in [4.69, 9.17) is 4.42 Å². The number of anilines is 1. The van der Waals surface area contributed by atoms with Crippen LogP contribution < -0.4 is 10.9 Å². The van der Waals surface area contributed by atoms with Gasteiger partial charge in [0.1, 0.15) is 27.9 Å². The van der Waals surface area contributed by atoms with E-state index in [9.17, 15) is 20.2 Å². The molecule has 8 nitrogen and oxygen atoms in total. The lowest BCUT2D eigenvalue weighted by molar-refractivity contribution is -0.383. The number of hydrogen-bond acceptors (Lipinski definition) is 8. The number of para-hydroxylation sites is 2. The van der Waals surface area contributed by atoms with Crippen molar-refractivity contribution in [1.82, 2.24) is 4.98 Å². The molecule has 0 unspecified atom stereocenters. The number of rotatable bonds is 5. The summed E-state index contributed by atoms with van der Waals surface area (Å²) in [5.74, 6) is 0. The first-order valence-corrected chi connectivity index (χ1v) is 10.4. The van der Waals surface area contributed by atoms with E-state index < -0.39 is 10.5 Å². The number of halogens is 1. The number of nitro benzene ring substituents is 1. The van der Waals surface area contributed by atoms with Gasteiger partial charge in [-0.05, 0) is 30.3 Å². The molecule has 0 atom stereocenters. The fourth-order valence-corrected chi connectivity index (χ4v) is 4.00. The summed E-state index contributed by atoms with van der Waals surface area (Å²) in [5.41, 5.74) is 0.876. The van der Waals surface area contributed by atoms with Crippen LogP contribution in [0.5, 0.6) is 0 Å². The highest BCUT2D eigenvalue weighted by Gasteiger charge is 2.15. The summed E-state index contributed by atoms with van der Waals surface area (Å²) in [6, 6.07) is 15.1. The molecule has 0 saturated heterocycles. The zero-order valence-electron chi connectivity index (χ0n) is 15.5. The normalized spacial score (nSPS) is 11.3. The molecule has 4 aromatic rings. The molecule has 10 heteroatoms. The van der Waals surface area contributed by atoms with Gasteiger partial charge in [0, 0.05) is 27.5 Å². The van der Waals surface area contributed by atoms with E-state index in [2.05, 4.69) is 26.2 Å². The Morgan fingerprint density at radius 2 is 2.10 bits per heavy atom. The van der Waals surface area contributed by atoms with Crippen LogP contribution in [0.4, 0.5) is 11.4 Å². The first-order chi connectivity index (χ1) is 15.0. The van der Waals surface area contributed by atoms with Gasteiger partial charge in [-0.3, -0.25) is 10.1 Å². The molecule has 4 rings (SSSR count). The molecular formula is C21H11BrN4O4S. The second-order valence-electron chi connectivity index (χ2n) is 6.26. The Labute approximate surface area is 187 Å². The monoisotopic (exact) mass is 494 g/mol. The number of hydrogen-bond donors (Lipinski definition) is 1. The van der Waals surface area contributed by atoms with Crippen LogP contribution in [0.15, 0.2) is 73.8 Å². The third kappa shape index (κ3) is 4.23. The van der Waals surface area contributed by atoms with Gasteiger partial charge in [0.15, 0.2) is 0 Å². The second kappa shape index (κ2) is 8.51. The Kier molecular flexibility index (Phi) is 5.62. The molecule has 0 aliphatic rings. The molecule has 0 radical (unpaired) electrons. The van der Waals surface area contributed by atoms with Gasteiger partial charge in [-0.25, -0.2) is 9.78 Å². The van der Waals surface area contributed by atoms with Crippen molar-refractivity contribution >= 4 is 55.2 Å². The molecule has 1 N–H and O–H groups in total. The average Bonchev–Trinajstić information content (AvgIpc) is 3.24. The summed E-state index contributed by atoms with van der Waals surface area (Å²) in [6.45, 7) is 0. The number of nitro groups is 1. The molecule has 0 fully saturated rings. The number of nitrogens with zero attached hydrogens (tertiary/aromatic N) is 3. The van der Waals surface area contributed by atoms with Crippen LogP contribution >= 0.6 is 27.3 Å². The number of nitrogens with one attached hydrogen (secondary N) is 1. The first-order valence-electron chi connectivity index (χ1n) is 8.76. The summed E-state index contributed by atoms with van der Waals surface area (Å²) in [6.07, 6.45) is 1.35. The number of aromatic nitrogens is 1. The lowest BCUT2D eigenvalue weighted by Crippen LogP contribution is -2.03. The maximum atomic E-state index is 12.4. The number of allylic oxidation sites excluding steroid dienone is 1. The van der Waals surface area contributed by atoms with E-state index in [0.29, 0.717) is 16.3 Å². The Bertz CT molecular complexity index is 1450. The quantitative estimate of drug-likeness (QED) is 0.166. The van der Waals surface area contributed by atoms with Crippen molar-refractivity contribution in [3.63, 3.8) is 0 Å². The van der Waals surface area contributed by atoms with Gasteiger partial charge in [-0.2, -0.15) is 5.26 Å². The maximum absolute atomic E-state index is 12.4. The van der Waals surface area contributed by atoms with Crippen LogP contribution in [-0.2, 0) is 0 Å². The zero-order valence-corrected chi connectivity index (χ0v) is 17.9. The molecule has 2 aromatic heterocycles. The average molecular weight is 495 g/mol. The van der Waals surface area contributed by atoms with Gasteiger partial charge >= 0.3 is 5.63 Å². The number of fused-ring (bicyclic) bond motifs is 1. The fraction of sp³-hybridized carbons (Fsp3) is 0. The summed E-state index contributed by atoms with van der Waals surface area (Å²) in [4.78, 5) is 27.4. The molecule has 0 aliphatic heterocycles. The summed E-state index contributed by atoms with van der Waals surface area (Å²) < 4.78 is 6.21. The summed E-state index contributed by atoms with van der Waals surface area (Å²) in [5, 5.41) is 26.2. The highest BCUT2D eigenvalue weighted by molar-refractivity contribution is 9.10. The van der Waals surface area contributed by atoms with Crippen molar-refractivity contribution in [3.8, 4) is 17.3 Å². The predicted octanol–water partition coefficient (Wildman–Crippen LogP) is 5.56. The van der Waals surface area contributed by atoms with Crippen LogP contribution in [0.2, 0.25) is 0 Å². The third-order valence-electron chi connectivity index (χ3n) is 4.30. The largest absolute Gasteiger partial charge is 0.422 e. The fourth-order valence-electron chi connectivity index (χ4n) is 2.84. The molecule has 0 saturated carbocycles. The van der Waals surface area contributed by atoms with E-state index >= 15 is 0 Å². The first kappa shape index (κ1) is 20.5. The van der Waals surface area contributed by atoms with Crippen molar-refractivity contribution in [2.45, 2.75) is 0 Å². The van der Waals surface area contributed by atoms with Gasteiger partial charge in [0.25, 0.3) is 5.69 Å². The van der Waals surface area contributed by atoms with Gasteiger partial charge in [0.05, 0.1) is 16.2 Å². The van der Waals surface area contributed by atoms with E-state index in [1.165, 1.54) is 29.7 Å². The van der Waals surface area contributed by atoms with E-state index in [1.807, 2.05) is 12.1 Å². The van der Waals surface area contributed by atoms with Crippen molar-refractivity contribution in [1.29, 1.82) is 5.26 Å². The molecule has 0 amide bonds. The highest BCUT2D eigenvalue weighted by atomic mass is 79.9. The van der Waals surface area contributed by atoms with Crippen LogP contribution in [0.3, 0.4) is 0 Å². The Morgan fingerprint density at radius 1 is 1.29 bits per heavy atom. The van der Waals surface area contributed by atoms with Crippen LogP contribution in [-0.4, -0.2) is 9.91 Å². The van der Waals surface area contributed by atoms with Crippen LogP contribution in [0.1, 0.15) is 5.01 Å². The minimum absolute atomic E-state index is 0.115. The van der Waals surface area contributed by atoms with Crippen LogP contribution in [0, 0.1) is 21.4 Å². The lowest BCUT2D eigenvalue weighted by Gasteiger charge is -2.02. The van der Waals surface area contributed by atoms with Gasteiger partial charge in [-0.15, -0.1) is 11.3 Å². The van der Waals surface area contributed by atoms with E-state index in [-0.39, 0.29) is 22.5 Å². The number of thiazole rings is 1. The second-order valence-corrected chi connectivity index (χ2v) is 8.03. The number of benzene rings is 2. The molecule has 2 aromatic carbocycles. The Morgan fingerprint density at radius 3 is 2.87 bits per heavy atom. The third-order valence-corrected chi connectivity index (χ3v) is 5.67. The summed E-state index contributed by atoms with van der Waals surface area (Å²) >= 11 is 4.56. The van der Waals surface area contributed by atoms with Crippen molar-refractivity contribution in [2.24, 2.45) is 0 Å². The molecule has 0 spiro atoms. The molecule has 0 aliphatic carbocycles. The van der Waals surface area contributed by atoms with Gasteiger partial charge in [0.2, 0.25) is 0 Å². The standard InChI is InChI=1S/C21H11BrN4O4S/c22-14-5-6-19-12(7-14)8-15(21(27)30-19)17-11-31-20(25-17)13(9-23)10-24-16-3-1-2-4-18(16)26(28)29/h1-8,10-11,24H/b13-10-. The lowest BCUT2D eigenvalue weighted by atomic mass is 10.1. The van der Waals surface area contributed by atoms with E-state index in [1.54, 1.807) is 35.7 Å². The van der Waals surface area contributed by atoms with E-state index in [0.717, 1.165) is 9.86 Å². The highest BCUT2D eigenvalue weighted by Crippen LogP contribution is 2.28. The molecule has 0 bridgehead atoms.